The number of ether oxygens (including phenoxy) is 3. The molecule has 0 spiro atoms. The molecule has 0 aliphatic heterocycles. The van der Waals surface area contributed by atoms with Crippen LogP contribution in [-0.4, -0.2) is 37.2 Å². The first-order valence-electron chi connectivity index (χ1n) is 6.60. The average Bonchev–Trinajstić information content (AvgIpc) is 2.83. The van der Waals surface area contributed by atoms with Crippen LogP contribution in [0.2, 0.25) is 0 Å². The van der Waals surface area contributed by atoms with E-state index in [-0.39, 0.29) is 15.5 Å². The van der Waals surface area contributed by atoms with Gasteiger partial charge in [-0.25, -0.2) is 14.4 Å². The molecule has 0 bridgehead atoms. The summed E-state index contributed by atoms with van der Waals surface area (Å²) in [4.78, 5) is 35.6. The number of carbonyl (C=O) groups excluding carboxylic acids is 3. The molecule has 0 aliphatic carbocycles. The van der Waals surface area contributed by atoms with Crippen molar-refractivity contribution in [2.75, 3.05) is 20.0 Å². The fourth-order valence-electron chi connectivity index (χ4n) is 1.55. The van der Waals surface area contributed by atoms with Gasteiger partial charge in [-0.3, -0.25) is 0 Å². The predicted octanol–water partition coefficient (Wildman–Crippen LogP) is 3.66. The summed E-state index contributed by atoms with van der Waals surface area (Å²) >= 11 is 1.92. The monoisotopic (exact) mass is 346 g/mol. The smallest absolute Gasteiger partial charge is 0.372 e. The minimum Gasteiger partial charge on any atom is -0.465 e. The van der Waals surface area contributed by atoms with Crippen LogP contribution in [0.1, 0.15) is 44.7 Å². The van der Waals surface area contributed by atoms with Crippen LogP contribution in [0.5, 0.6) is 5.75 Å². The number of hydrogen-bond acceptors (Lipinski definition) is 8. The van der Waals surface area contributed by atoms with Crippen molar-refractivity contribution >= 4 is 40.3 Å². The van der Waals surface area contributed by atoms with Gasteiger partial charge in [-0.2, -0.15) is 0 Å². The Morgan fingerprint density at radius 1 is 1.09 bits per heavy atom. The highest BCUT2D eigenvalue weighted by Gasteiger charge is 2.28. The van der Waals surface area contributed by atoms with E-state index >= 15 is 0 Å². The van der Waals surface area contributed by atoms with Crippen LogP contribution in [-0.2, 0) is 9.47 Å². The molecule has 0 fully saturated rings. The number of rotatable bonds is 6. The number of hydrogen-bond donors (Lipinski definition) is 0. The van der Waals surface area contributed by atoms with Crippen LogP contribution in [0.15, 0.2) is 0 Å². The first-order chi connectivity index (χ1) is 10.5. The maximum atomic E-state index is 11.8. The topological polar surface area (TPSA) is 78.9 Å². The Morgan fingerprint density at radius 2 is 1.68 bits per heavy atom. The largest absolute Gasteiger partial charge is 0.465 e. The number of thioether (sulfide) groups is 1. The standard InChI is InChI=1S/C14H18O6S2/c1-5-6-7-21-14(17)20-9-8(2)10(12(15)18-3)22-11(9)13(16)19-4/h5-7H2,1-4H3. The van der Waals surface area contributed by atoms with Gasteiger partial charge in [0.05, 0.1) is 14.2 Å². The van der Waals surface area contributed by atoms with Crippen LogP contribution < -0.4 is 4.74 Å². The van der Waals surface area contributed by atoms with Gasteiger partial charge in [0.1, 0.15) is 4.88 Å². The van der Waals surface area contributed by atoms with Gasteiger partial charge in [-0.15, -0.1) is 11.3 Å². The summed E-state index contributed by atoms with van der Waals surface area (Å²) < 4.78 is 14.6. The minimum absolute atomic E-state index is 0.0613. The van der Waals surface area contributed by atoms with Crippen LogP contribution in [0.4, 0.5) is 4.79 Å². The van der Waals surface area contributed by atoms with Crippen LogP contribution in [0, 0.1) is 6.92 Å². The summed E-state index contributed by atoms with van der Waals surface area (Å²) in [6, 6.07) is 0. The van der Waals surface area contributed by atoms with Gasteiger partial charge in [0.2, 0.25) is 0 Å². The minimum atomic E-state index is -0.662. The molecule has 0 atom stereocenters. The molecule has 0 amide bonds. The van der Waals surface area contributed by atoms with Crippen molar-refractivity contribution in [3.8, 4) is 5.75 Å². The third-order valence-electron chi connectivity index (χ3n) is 2.74. The fourth-order valence-corrected chi connectivity index (χ4v) is 3.36. The van der Waals surface area contributed by atoms with Gasteiger partial charge in [0.15, 0.2) is 10.6 Å². The normalized spacial score (nSPS) is 10.2. The quantitative estimate of drug-likeness (QED) is 0.574. The molecule has 0 aromatic carbocycles. The van der Waals surface area contributed by atoms with E-state index in [1.165, 1.54) is 14.2 Å². The van der Waals surface area contributed by atoms with E-state index in [0.29, 0.717) is 11.3 Å². The molecule has 122 valence electrons. The molecule has 1 aromatic heterocycles. The van der Waals surface area contributed by atoms with Crippen LogP contribution >= 0.6 is 23.1 Å². The molecule has 0 aliphatic rings. The lowest BCUT2D eigenvalue weighted by atomic mass is 10.2. The summed E-state index contributed by atoms with van der Waals surface area (Å²) in [5, 5.41) is -0.518. The van der Waals surface area contributed by atoms with Gasteiger partial charge >= 0.3 is 17.2 Å². The lowest BCUT2D eigenvalue weighted by Gasteiger charge is -2.05. The molecule has 1 heterocycles. The van der Waals surface area contributed by atoms with Crippen molar-refractivity contribution in [3.63, 3.8) is 0 Å². The highest BCUT2D eigenvalue weighted by Crippen LogP contribution is 2.36. The molecule has 1 aromatic rings. The van der Waals surface area contributed by atoms with E-state index in [1.54, 1.807) is 6.92 Å². The van der Waals surface area contributed by atoms with Crippen molar-refractivity contribution in [2.24, 2.45) is 0 Å². The molecule has 0 saturated carbocycles. The molecule has 1 rings (SSSR count). The van der Waals surface area contributed by atoms with Gasteiger partial charge < -0.3 is 14.2 Å². The van der Waals surface area contributed by atoms with Crippen molar-refractivity contribution in [1.82, 2.24) is 0 Å². The van der Waals surface area contributed by atoms with Crippen LogP contribution in [0.3, 0.4) is 0 Å². The first-order valence-corrected chi connectivity index (χ1v) is 8.41. The van der Waals surface area contributed by atoms with E-state index in [2.05, 4.69) is 9.47 Å². The van der Waals surface area contributed by atoms with Crippen molar-refractivity contribution in [1.29, 1.82) is 0 Å². The van der Waals surface area contributed by atoms with E-state index in [9.17, 15) is 14.4 Å². The van der Waals surface area contributed by atoms with Gasteiger partial charge in [0, 0.05) is 11.3 Å². The third-order valence-corrected chi connectivity index (χ3v) is 4.78. The second-order valence-electron chi connectivity index (χ2n) is 4.25. The van der Waals surface area contributed by atoms with Crippen molar-refractivity contribution < 1.29 is 28.6 Å². The number of thiophene rings is 1. The lowest BCUT2D eigenvalue weighted by molar-refractivity contribution is 0.0596. The molecule has 22 heavy (non-hydrogen) atoms. The Balaban J connectivity index is 3.05. The SMILES string of the molecule is CCCCSC(=O)Oc1c(C(=O)OC)sc(C(=O)OC)c1C. The number of esters is 2. The zero-order valence-electron chi connectivity index (χ0n) is 12.9. The first kappa shape index (κ1) is 18.5. The maximum Gasteiger partial charge on any atom is 0.372 e. The Labute approximate surface area is 137 Å². The molecule has 0 unspecified atom stereocenters. The second kappa shape index (κ2) is 8.79. The van der Waals surface area contributed by atoms with Crippen molar-refractivity contribution in [3.05, 3.63) is 15.3 Å². The summed E-state index contributed by atoms with van der Waals surface area (Å²) in [6.07, 6.45) is 1.86. The number of unbranched alkanes of at least 4 members (excludes halogenated alkanes) is 1. The summed E-state index contributed by atoms with van der Waals surface area (Å²) in [5.41, 5.74) is 0.390. The van der Waals surface area contributed by atoms with Gasteiger partial charge in [-0.05, 0) is 25.1 Å². The van der Waals surface area contributed by atoms with E-state index in [0.717, 1.165) is 35.9 Å². The Bertz CT molecular complexity index is 564. The van der Waals surface area contributed by atoms with E-state index in [4.69, 9.17) is 4.74 Å². The molecule has 6 nitrogen and oxygen atoms in total. The molecule has 0 N–H and O–H groups in total. The number of methoxy groups -OCH3 is 2. The Morgan fingerprint density at radius 3 is 2.23 bits per heavy atom. The van der Waals surface area contributed by atoms with E-state index < -0.39 is 17.2 Å². The van der Waals surface area contributed by atoms with Crippen LogP contribution in [0.25, 0.3) is 0 Å². The summed E-state index contributed by atoms with van der Waals surface area (Å²) in [6.45, 7) is 3.61. The van der Waals surface area contributed by atoms with Gasteiger partial charge in [-0.1, -0.05) is 13.3 Å². The maximum absolute atomic E-state index is 11.8. The average molecular weight is 346 g/mol. The molecule has 0 radical (unpaired) electrons. The van der Waals surface area contributed by atoms with Crippen molar-refractivity contribution in [2.45, 2.75) is 26.7 Å². The van der Waals surface area contributed by atoms with Gasteiger partial charge in [0.25, 0.3) is 0 Å². The highest BCUT2D eigenvalue weighted by atomic mass is 32.2. The zero-order chi connectivity index (χ0) is 16.7. The Hall–Kier alpha value is -1.54. The molecule has 0 saturated heterocycles. The molecular weight excluding hydrogens is 328 g/mol. The lowest BCUT2D eigenvalue weighted by Crippen LogP contribution is -2.07. The predicted molar refractivity (Wildman–Crippen MR) is 85.1 cm³/mol. The highest BCUT2D eigenvalue weighted by molar-refractivity contribution is 8.13. The fraction of sp³-hybridized carbons (Fsp3) is 0.500. The zero-order valence-corrected chi connectivity index (χ0v) is 14.5. The van der Waals surface area contributed by atoms with E-state index in [1.807, 2.05) is 6.92 Å². The second-order valence-corrected chi connectivity index (χ2v) is 6.30. The summed E-state index contributed by atoms with van der Waals surface area (Å²) in [7, 11) is 2.46. The third kappa shape index (κ3) is 4.48. The summed E-state index contributed by atoms with van der Waals surface area (Å²) in [5.74, 6) is -0.555. The molecular formula is C14H18O6S2. The molecule has 8 heteroatoms. The Kier molecular flexibility index (Phi) is 7.40. The number of carbonyl (C=O) groups is 3.